The molecule has 0 saturated carbocycles. The van der Waals surface area contributed by atoms with Gasteiger partial charge in [0.1, 0.15) is 11.6 Å². The van der Waals surface area contributed by atoms with Crippen LogP contribution in [0, 0.1) is 11.6 Å². The maximum absolute atomic E-state index is 13.4. The van der Waals surface area contributed by atoms with Crippen molar-refractivity contribution in [3.8, 4) is 0 Å². The van der Waals surface area contributed by atoms with E-state index in [0.29, 0.717) is 24.7 Å². The molecule has 0 unspecified atom stereocenters. The molecule has 2 fully saturated rings. The molecule has 0 radical (unpaired) electrons. The van der Waals surface area contributed by atoms with Crippen LogP contribution in [-0.4, -0.2) is 35.8 Å². The van der Waals surface area contributed by atoms with E-state index in [4.69, 9.17) is 11.6 Å². The molecule has 0 aromatic heterocycles. The Kier molecular flexibility index (Phi) is 5.17. The first-order valence-corrected chi connectivity index (χ1v) is 9.63. The molecular weight excluding hydrogens is 386 g/mol. The summed E-state index contributed by atoms with van der Waals surface area (Å²) in [5, 5.41) is -0.123. The van der Waals surface area contributed by atoms with Crippen molar-refractivity contribution in [3.63, 3.8) is 0 Å². The number of hydrogen-bond acceptors (Lipinski definition) is 3. The van der Waals surface area contributed by atoms with Crippen LogP contribution in [0.5, 0.6) is 0 Å². The van der Waals surface area contributed by atoms with Crippen LogP contribution in [0.1, 0.15) is 30.7 Å². The number of imide groups is 1. The Bertz CT molecular complexity index is 911. The predicted octanol–water partition coefficient (Wildman–Crippen LogP) is 4.13. The summed E-state index contributed by atoms with van der Waals surface area (Å²) in [6.45, 7) is 1.37. The van der Waals surface area contributed by atoms with Gasteiger partial charge in [-0.15, -0.1) is 0 Å². The largest absolute Gasteiger partial charge is 0.291 e. The predicted molar refractivity (Wildman–Crippen MR) is 102 cm³/mol. The van der Waals surface area contributed by atoms with Crippen molar-refractivity contribution in [1.29, 1.82) is 0 Å². The molecule has 2 aliphatic heterocycles. The van der Waals surface area contributed by atoms with E-state index in [2.05, 4.69) is 0 Å². The Morgan fingerprint density at radius 3 is 2.29 bits per heavy atom. The van der Waals surface area contributed by atoms with E-state index in [1.807, 2.05) is 4.90 Å². The van der Waals surface area contributed by atoms with Crippen molar-refractivity contribution >= 4 is 29.1 Å². The zero-order chi connectivity index (χ0) is 19.8. The summed E-state index contributed by atoms with van der Waals surface area (Å²) >= 11 is 5.80. The molecule has 2 saturated heterocycles. The van der Waals surface area contributed by atoms with E-state index in [0.717, 1.165) is 29.4 Å². The van der Waals surface area contributed by atoms with Gasteiger partial charge in [0.25, 0.3) is 5.91 Å². The summed E-state index contributed by atoms with van der Waals surface area (Å²) in [5.74, 6) is -1.14. The molecule has 146 valence electrons. The molecule has 2 heterocycles. The molecule has 4 rings (SSSR count). The molecular formula is C21H19ClF2N2O2. The second-order valence-electron chi connectivity index (χ2n) is 7.25. The normalized spacial score (nSPS) is 21.5. The highest BCUT2D eigenvalue weighted by Crippen LogP contribution is 2.33. The molecule has 2 amide bonds. The van der Waals surface area contributed by atoms with E-state index in [9.17, 15) is 18.4 Å². The summed E-state index contributed by atoms with van der Waals surface area (Å²) in [6, 6.07) is 9.87. The highest BCUT2D eigenvalue weighted by molar-refractivity contribution is 6.31. The van der Waals surface area contributed by atoms with E-state index in [1.54, 1.807) is 12.1 Å². The van der Waals surface area contributed by atoms with Crippen LogP contribution in [0.15, 0.2) is 42.5 Å². The van der Waals surface area contributed by atoms with Gasteiger partial charge in [0.05, 0.1) is 23.2 Å². The highest BCUT2D eigenvalue weighted by atomic mass is 35.5. The number of benzene rings is 2. The fraction of sp³-hybridized carbons (Fsp3) is 0.333. The minimum atomic E-state index is -0.594. The number of likely N-dealkylation sites (tertiary alicyclic amines) is 1. The van der Waals surface area contributed by atoms with Crippen molar-refractivity contribution in [2.24, 2.45) is 0 Å². The van der Waals surface area contributed by atoms with Crippen LogP contribution in [-0.2, 0) is 9.59 Å². The van der Waals surface area contributed by atoms with Crippen LogP contribution in [0.4, 0.5) is 14.5 Å². The van der Waals surface area contributed by atoms with Gasteiger partial charge in [-0.25, -0.2) is 13.7 Å². The third kappa shape index (κ3) is 3.54. The molecule has 0 spiro atoms. The van der Waals surface area contributed by atoms with Crippen LogP contribution in [0.3, 0.4) is 0 Å². The lowest BCUT2D eigenvalue weighted by atomic mass is 9.89. The zero-order valence-corrected chi connectivity index (χ0v) is 15.8. The second kappa shape index (κ2) is 7.60. The molecule has 0 aliphatic carbocycles. The number of carbonyl (C=O) groups is 2. The minimum absolute atomic E-state index is 0.106. The highest BCUT2D eigenvalue weighted by Gasteiger charge is 2.43. The van der Waals surface area contributed by atoms with E-state index in [1.165, 1.54) is 24.3 Å². The average molecular weight is 405 g/mol. The molecule has 0 bridgehead atoms. The molecule has 4 nitrogen and oxygen atoms in total. The van der Waals surface area contributed by atoms with Gasteiger partial charge in [-0.3, -0.25) is 14.5 Å². The second-order valence-corrected chi connectivity index (χ2v) is 7.65. The summed E-state index contributed by atoms with van der Waals surface area (Å²) in [7, 11) is 0. The number of hydrogen-bond donors (Lipinski definition) is 0. The maximum atomic E-state index is 13.4. The molecule has 0 N–H and O–H groups in total. The summed E-state index contributed by atoms with van der Waals surface area (Å²) in [5.41, 5.74) is 1.39. The molecule has 2 aromatic carbocycles. The van der Waals surface area contributed by atoms with Crippen molar-refractivity contribution in [2.45, 2.75) is 31.2 Å². The van der Waals surface area contributed by atoms with Gasteiger partial charge in [-0.1, -0.05) is 23.7 Å². The Morgan fingerprint density at radius 1 is 0.964 bits per heavy atom. The van der Waals surface area contributed by atoms with Crippen LogP contribution >= 0.6 is 11.6 Å². The maximum Gasteiger partial charge on any atom is 0.251 e. The minimum Gasteiger partial charge on any atom is -0.291 e. The first-order valence-electron chi connectivity index (χ1n) is 9.25. The van der Waals surface area contributed by atoms with Crippen LogP contribution in [0.25, 0.3) is 0 Å². The van der Waals surface area contributed by atoms with Gasteiger partial charge in [0.15, 0.2) is 0 Å². The Hall–Kier alpha value is -2.31. The average Bonchev–Trinajstić information content (AvgIpc) is 2.99. The standard InChI is InChI=1S/C21H19ClF2N2O2/c22-17-11-16(5-6-18(17)24)26-20(27)12-19(21(26)28)25-9-7-14(8-10-25)13-1-3-15(23)4-2-13/h1-6,11,14,19H,7-10,12H2/t19-/m0/s1. The van der Waals surface area contributed by atoms with Crippen LogP contribution in [0.2, 0.25) is 5.02 Å². The summed E-state index contributed by atoms with van der Waals surface area (Å²) in [4.78, 5) is 28.5. The van der Waals surface area contributed by atoms with E-state index < -0.39 is 11.9 Å². The van der Waals surface area contributed by atoms with Gasteiger partial charge >= 0.3 is 0 Å². The fourth-order valence-corrected chi connectivity index (χ4v) is 4.25. The Balaban J connectivity index is 1.44. The first kappa shape index (κ1) is 19.0. The monoisotopic (exact) mass is 404 g/mol. The molecule has 2 aromatic rings. The van der Waals surface area contributed by atoms with Gasteiger partial charge in [-0.05, 0) is 67.7 Å². The zero-order valence-electron chi connectivity index (χ0n) is 15.1. The first-order chi connectivity index (χ1) is 13.4. The number of carbonyl (C=O) groups excluding carboxylic acids is 2. The quantitative estimate of drug-likeness (QED) is 0.722. The van der Waals surface area contributed by atoms with Gasteiger partial charge in [0.2, 0.25) is 5.91 Å². The lowest BCUT2D eigenvalue weighted by Crippen LogP contribution is -2.45. The lowest BCUT2D eigenvalue weighted by Gasteiger charge is -2.35. The van der Waals surface area contributed by atoms with Crippen molar-refractivity contribution < 1.29 is 18.4 Å². The third-order valence-corrected chi connectivity index (χ3v) is 5.89. The van der Waals surface area contributed by atoms with E-state index in [-0.39, 0.29) is 29.1 Å². The fourth-order valence-electron chi connectivity index (χ4n) is 4.08. The smallest absolute Gasteiger partial charge is 0.251 e. The number of piperidine rings is 1. The number of halogens is 3. The topological polar surface area (TPSA) is 40.6 Å². The van der Waals surface area contributed by atoms with Gasteiger partial charge < -0.3 is 0 Å². The SMILES string of the molecule is O=C1C[C@H](N2CCC(c3ccc(F)cc3)CC2)C(=O)N1c1ccc(F)c(Cl)c1. The van der Waals surface area contributed by atoms with Crippen molar-refractivity contribution in [3.05, 3.63) is 64.7 Å². The molecule has 7 heteroatoms. The number of nitrogens with zero attached hydrogens (tertiary/aromatic N) is 2. The molecule has 28 heavy (non-hydrogen) atoms. The third-order valence-electron chi connectivity index (χ3n) is 5.60. The van der Waals surface area contributed by atoms with E-state index >= 15 is 0 Å². The van der Waals surface area contributed by atoms with Crippen LogP contribution < -0.4 is 4.90 Å². The van der Waals surface area contributed by atoms with Gasteiger partial charge in [0, 0.05) is 0 Å². The molecule has 1 atom stereocenters. The number of amides is 2. The Labute approximate surface area is 166 Å². The van der Waals surface area contributed by atoms with Crippen molar-refractivity contribution in [2.75, 3.05) is 18.0 Å². The summed E-state index contributed by atoms with van der Waals surface area (Å²) < 4.78 is 26.5. The Morgan fingerprint density at radius 2 is 1.64 bits per heavy atom. The number of anilines is 1. The number of rotatable bonds is 3. The molecule has 2 aliphatic rings. The van der Waals surface area contributed by atoms with Crippen molar-refractivity contribution in [1.82, 2.24) is 4.90 Å². The lowest BCUT2D eigenvalue weighted by molar-refractivity contribution is -0.123. The summed E-state index contributed by atoms with van der Waals surface area (Å²) in [6.07, 6.45) is 1.78. The van der Waals surface area contributed by atoms with Gasteiger partial charge in [-0.2, -0.15) is 0 Å².